The number of methoxy groups -OCH3 is 1. The number of carboxylic acid groups (broad SMARTS) is 1. The molecule has 2 aromatic carbocycles. The second-order valence-electron chi connectivity index (χ2n) is 7.37. The maximum absolute atomic E-state index is 13.2. The molecule has 2 aromatic rings. The molecule has 1 saturated heterocycles. The van der Waals surface area contributed by atoms with Gasteiger partial charge in [-0.25, -0.2) is 13.2 Å². The maximum atomic E-state index is 13.2. The van der Waals surface area contributed by atoms with Crippen LogP contribution < -0.4 is 10.1 Å². The lowest BCUT2D eigenvalue weighted by molar-refractivity contribution is -0.192. The lowest BCUT2D eigenvalue weighted by atomic mass is 10.2. The fourth-order valence-corrected chi connectivity index (χ4v) is 4.51. The molecular weight excluding hydrogens is 491 g/mol. The molecule has 0 aromatic heterocycles. The SMILES string of the molecule is COc1cccc(CN(CC(=O)N2CCNCC2)S(=O)(=O)c2ccccc2)c1.O=C(O)C(F)(F)F. The second-order valence-corrected chi connectivity index (χ2v) is 9.31. The summed E-state index contributed by atoms with van der Waals surface area (Å²) in [7, 11) is -2.26. The minimum atomic E-state index is -5.08. The number of carbonyl (C=O) groups excluding carboxylic acids is 1. The van der Waals surface area contributed by atoms with Crippen LogP contribution >= 0.6 is 0 Å². The molecule has 2 N–H and O–H groups in total. The van der Waals surface area contributed by atoms with Crippen LogP contribution in [0.2, 0.25) is 0 Å². The average Bonchev–Trinajstić information content (AvgIpc) is 2.84. The normalized spacial score (nSPS) is 14.1. The minimum absolute atomic E-state index is 0.0895. The standard InChI is InChI=1S/C20H25N3O4S.C2HF3O2/c1-27-18-7-5-6-17(14-18)15-23(16-20(24)22-12-10-21-11-13-22)28(25,26)19-8-3-2-4-9-19;3-2(4,5)1(6)7/h2-9,14,21H,10-13,15-16H2,1H3;(H,6,7). The number of aliphatic carboxylic acids is 1. The molecule has 0 aliphatic carbocycles. The van der Waals surface area contributed by atoms with E-state index >= 15 is 0 Å². The summed E-state index contributed by atoms with van der Waals surface area (Å²) in [5, 5.41) is 10.3. The quantitative estimate of drug-likeness (QED) is 0.577. The van der Waals surface area contributed by atoms with E-state index in [9.17, 15) is 26.4 Å². The number of hydrogen-bond donors (Lipinski definition) is 2. The van der Waals surface area contributed by atoms with Crippen molar-refractivity contribution >= 4 is 21.9 Å². The van der Waals surface area contributed by atoms with Gasteiger partial charge in [0.1, 0.15) is 5.75 Å². The van der Waals surface area contributed by atoms with Crippen LogP contribution in [0.15, 0.2) is 59.5 Å². The van der Waals surface area contributed by atoms with Gasteiger partial charge < -0.3 is 20.1 Å². The summed E-state index contributed by atoms with van der Waals surface area (Å²) in [4.78, 5) is 23.5. The van der Waals surface area contributed by atoms with Crippen LogP contribution in [-0.2, 0) is 26.2 Å². The van der Waals surface area contributed by atoms with Crippen LogP contribution in [0.3, 0.4) is 0 Å². The molecule has 13 heteroatoms. The highest BCUT2D eigenvalue weighted by atomic mass is 32.2. The van der Waals surface area contributed by atoms with Crippen LogP contribution in [0.4, 0.5) is 13.2 Å². The van der Waals surface area contributed by atoms with Gasteiger partial charge in [-0.3, -0.25) is 4.79 Å². The number of piperazine rings is 1. The number of carbonyl (C=O) groups is 2. The third-order valence-electron chi connectivity index (χ3n) is 4.90. The van der Waals surface area contributed by atoms with Crippen molar-refractivity contribution in [3.05, 3.63) is 60.2 Å². The largest absolute Gasteiger partial charge is 0.497 e. The summed E-state index contributed by atoms with van der Waals surface area (Å²) < 4.78 is 64.6. The Morgan fingerprint density at radius 1 is 1.09 bits per heavy atom. The number of hydrogen-bond acceptors (Lipinski definition) is 6. The summed E-state index contributed by atoms with van der Waals surface area (Å²) in [5.41, 5.74) is 0.756. The molecule has 1 amide bonds. The average molecular weight is 518 g/mol. The number of sulfonamides is 1. The van der Waals surface area contributed by atoms with Crippen molar-refractivity contribution in [1.82, 2.24) is 14.5 Å². The van der Waals surface area contributed by atoms with E-state index in [4.69, 9.17) is 14.6 Å². The smallest absolute Gasteiger partial charge is 0.490 e. The molecule has 0 atom stereocenters. The van der Waals surface area contributed by atoms with Crippen LogP contribution in [0, 0.1) is 0 Å². The Balaban J connectivity index is 0.000000540. The number of alkyl halides is 3. The summed E-state index contributed by atoms with van der Waals surface area (Å²) in [6, 6.07) is 15.4. The van der Waals surface area contributed by atoms with E-state index in [-0.39, 0.29) is 23.9 Å². The number of halogens is 3. The fourth-order valence-electron chi connectivity index (χ4n) is 3.11. The number of ether oxygens (including phenoxy) is 1. The lowest BCUT2D eigenvalue weighted by Gasteiger charge is -2.30. The van der Waals surface area contributed by atoms with Gasteiger partial charge in [0.2, 0.25) is 15.9 Å². The summed E-state index contributed by atoms with van der Waals surface area (Å²) in [6.07, 6.45) is -5.08. The van der Waals surface area contributed by atoms with Crippen molar-refractivity contribution < 1.29 is 41.0 Å². The van der Waals surface area contributed by atoms with E-state index in [1.807, 2.05) is 6.07 Å². The molecule has 9 nitrogen and oxygen atoms in total. The van der Waals surface area contributed by atoms with Gasteiger partial charge in [0.25, 0.3) is 0 Å². The molecule has 0 spiro atoms. The first kappa shape index (κ1) is 28.1. The Bertz CT molecular complexity index is 1090. The van der Waals surface area contributed by atoms with Gasteiger partial charge in [0.15, 0.2) is 0 Å². The number of amides is 1. The van der Waals surface area contributed by atoms with Crippen LogP contribution in [0.1, 0.15) is 5.56 Å². The van der Waals surface area contributed by atoms with Crippen molar-refractivity contribution in [2.45, 2.75) is 17.6 Å². The van der Waals surface area contributed by atoms with E-state index in [1.54, 1.807) is 60.5 Å². The topological polar surface area (TPSA) is 116 Å². The predicted molar refractivity (Wildman–Crippen MR) is 120 cm³/mol. The second kappa shape index (κ2) is 12.5. The molecule has 1 aliphatic heterocycles. The maximum Gasteiger partial charge on any atom is 0.490 e. The van der Waals surface area contributed by atoms with E-state index in [0.29, 0.717) is 31.9 Å². The van der Waals surface area contributed by atoms with Crippen LogP contribution in [-0.4, -0.2) is 80.6 Å². The molecule has 0 unspecified atom stereocenters. The zero-order valence-electron chi connectivity index (χ0n) is 18.9. The minimum Gasteiger partial charge on any atom is -0.497 e. The number of rotatable bonds is 7. The van der Waals surface area contributed by atoms with E-state index in [0.717, 1.165) is 5.56 Å². The Morgan fingerprint density at radius 3 is 2.23 bits per heavy atom. The van der Waals surface area contributed by atoms with E-state index in [1.165, 1.54) is 4.31 Å². The zero-order chi connectivity index (χ0) is 26.1. The lowest BCUT2D eigenvalue weighted by Crippen LogP contribution is -2.50. The summed E-state index contributed by atoms with van der Waals surface area (Å²) in [5.74, 6) is -2.31. The first-order valence-electron chi connectivity index (χ1n) is 10.4. The Labute approximate surface area is 201 Å². The van der Waals surface area contributed by atoms with Gasteiger partial charge in [-0.1, -0.05) is 30.3 Å². The van der Waals surface area contributed by atoms with Gasteiger partial charge >= 0.3 is 12.1 Å². The Hall–Kier alpha value is -3.16. The van der Waals surface area contributed by atoms with Crippen LogP contribution in [0.25, 0.3) is 0 Å². The van der Waals surface area contributed by atoms with Crippen molar-refractivity contribution in [3.63, 3.8) is 0 Å². The highest BCUT2D eigenvalue weighted by Crippen LogP contribution is 2.21. The molecule has 0 saturated carbocycles. The Morgan fingerprint density at radius 2 is 1.69 bits per heavy atom. The predicted octanol–water partition coefficient (Wildman–Crippen LogP) is 1.95. The molecular formula is C22H26F3N3O6S. The molecule has 1 aliphatic rings. The molecule has 0 radical (unpaired) electrons. The Kier molecular flexibility index (Phi) is 10.0. The van der Waals surface area contributed by atoms with Gasteiger partial charge in [-0.15, -0.1) is 0 Å². The number of nitrogens with zero attached hydrogens (tertiary/aromatic N) is 2. The summed E-state index contributed by atoms with van der Waals surface area (Å²) in [6.45, 7) is 2.48. The summed E-state index contributed by atoms with van der Waals surface area (Å²) >= 11 is 0. The van der Waals surface area contributed by atoms with E-state index < -0.39 is 22.2 Å². The zero-order valence-corrected chi connectivity index (χ0v) is 19.7. The third-order valence-corrected chi connectivity index (χ3v) is 6.70. The van der Waals surface area contributed by atoms with Crippen molar-refractivity contribution in [3.8, 4) is 5.75 Å². The fraction of sp³-hybridized carbons (Fsp3) is 0.364. The van der Waals surface area contributed by atoms with Crippen LogP contribution in [0.5, 0.6) is 5.75 Å². The highest BCUT2D eigenvalue weighted by Gasteiger charge is 2.38. The first-order chi connectivity index (χ1) is 16.4. The monoisotopic (exact) mass is 517 g/mol. The van der Waals surface area contributed by atoms with E-state index in [2.05, 4.69) is 5.32 Å². The molecule has 1 heterocycles. The van der Waals surface area contributed by atoms with Gasteiger partial charge in [-0.2, -0.15) is 17.5 Å². The molecule has 192 valence electrons. The first-order valence-corrected chi connectivity index (χ1v) is 11.9. The molecule has 1 fully saturated rings. The molecule has 35 heavy (non-hydrogen) atoms. The third kappa shape index (κ3) is 8.53. The number of nitrogens with one attached hydrogen (secondary N) is 1. The van der Waals surface area contributed by atoms with Crippen molar-refractivity contribution in [2.24, 2.45) is 0 Å². The van der Waals surface area contributed by atoms with Crippen molar-refractivity contribution in [2.75, 3.05) is 39.8 Å². The van der Waals surface area contributed by atoms with Crippen molar-refractivity contribution in [1.29, 1.82) is 0 Å². The van der Waals surface area contributed by atoms with Gasteiger partial charge in [-0.05, 0) is 29.8 Å². The van der Waals surface area contributed by atoms with Gasteiger partial charge in [0.05, 0.1) is 18.6 Å². The highest BCUT2D eigenvalue weighted by molar-refractivity contribution is 7.89. The molecule has 0 bridgehead atoms. The molecule has 3 rings (SSSR count). The number of benzene rings is 2. The number of carboxylic acids is 1. The van der Waals surface area contributed by atoms with Gasteiger partial charge in [0, 0.05) is 32.7 Å².